The molecule has 0 saturated heterocycles. The van der Waals surface area contributed by atoms with E-state index in [4.69, 9.17) is 27.9 Å². The Kier molecular flexibility index (Phi) is 3.20. The van der Waals surface area contributed by atoms with Gasteiger partial charge in [-0.2, -0.15) is 0 Å². The monoisotopic (exact) mass is 292 g/mol. The van der Waals surface area contributed by atoms with Crippen molar-refractivity contribution < 1.29 is 4.74 Å². The number of halogens is 2. The maximum atomic E-state index is 6.45. The topological polar surface area (TPSA) is 9.23 Å². The van der Waals surface area contributed by atoms with E-state index in [1.165, 1.54) is 5.56 Å². The molecule has 1 fully saturated rings. The second-order valence-corrected chi connectivity index (χ2v) is 6.26. The molecule has 2 aromatic carbocycles. The molecule has 98 valence electrons. The minimum Gasteiger partial charge on any atom is -0.497 e. The number of rotatable bonds is 3. The van der Waals surface area contributed by atoms with Crippen LogP contribution in [0.4, 0.5) is 0 Å². The molecule has 2 aromatic rings. The van der Waals surface area contributed by atoms with Crippen molar-refractivity contribution in [2.45, 2.75) is 16.2 Å². The Labute approximate surface area is 123 Å². The molecule has 2 unspecified atom stereocenters. The van der Waals surface area contributed by atoms with Crippen molar-refractivity contribution in [1.29, 1.82) is 0 Å². The van der Waals surface area contributed by atoms with Crippen molar-refractivity contribution >= 4 is 23.2 Å². The third-order valence-electron chi connectivity index (χ3n) is 3.69. The number of alkyl halides is 2. The minimum atomic E-state index is -0.712. The predicted octanol–water partition coefficient (Wildman–Crippen LogP) is 4.75. The molecule has 1 nitrogen and oxygen atoms in total. The zero-order valence-electron chi connectivity index (χ0n) is 10.5. The lowest BCUT2D eigenvalue weighted by Gasteiger charge is -2.03. The Morgan fingerprint density at radius 1 is 0.842 bits per heavy atom. The van der Waals surface area contributed by atoms with Gasteiger partial charge in [0.2, 0.25) is 0 Å². The summed E-state index contributed by atoms with van der Waals surface area (Å²) in [6.07, 6.45) is 0. The minimum absolute atomic E-state index is 0.143. The van der Waals surface area contributed by atoms with E-state index < -0.39 is 4.33 Å². The second-order valence-electron chi connectivity index (χ2n) is 4.81. The molecule has 0 aromatic heterocycles. The van der Waals surface area contributed by atoms with Crippen LogP contribution in [0, 0.1) is 0 Å². The molecule has 2 atom stereocenters. The summed E-state index contributed by atoms with van der Waals surface area (Å²) in [6.45, 7) is 0. The van der Waals surface area contributed by atoms with Crippen LogP contribution < -0.4 is 4.74 Å². The van der Waals surface area contributed by atoms with Crippen molar-refractivity contribution in [2.24, 2.45) is 0 Å². The van der Waals surface area contributed by atoms with Gasteiger partial charge < -0.3 is 4.74 Å². The Bertz CT molecular complexity index is 563. The van der Waals surface area contributed by atoms with Crippen LogP contribution >= 0.6 is 23.2 Å². The Morgan fingerprint density at radius 2 is 1.37 bits per heavy atom. The van der Waals surface area contributed by atoms with Crippen molar-refractivity contribution in [3.05, 3.63) is 65.7 Å². The lowest BCUT2D eigenvalue weighted by atomic mass is 10.0. The average molecular weight is 293 g/mol. The molecule has 1 aliphatic carbocycles. The summed E-state index contributed by atoms with van der Waals surface area (Å²) < 4.78 is 4.45. The fourth-order valence-electron chi connectivity index (χ4n) is 2.63. The van der Waals surface area contributed by atoms with E-state index in [2.05, 4.69) is 12.1 Å². The van der Waals surface area contributed by atoms with Gasteiger partial charge in [0, 0.05) is 11.8 Å². The summed E-state index contributed by atoms with van der Waals surface area (Å²) in [6, 6.07) is 18.1. The highest BCUT2D eigenvalue weighted by atomic mass is 35.5. The highest BCUT2D eigenvalue weighted by Gasteiger charge is 2.64. The molecule has 1 saturated carbocycles. The van der Waals surface area contributed by atoms with Gasteiger partial charge in [-0.15, -0.1) is 23.2 Å². The lowest BCUT2D eigenvalue weighted by Crippen LogP contribution is -1.90. The Morgan fingerprint density at radius 3 is 1.89 bits per heavy atom. The number of ether oxygens (including phenoxy) is 1. The van der Waals surface area contributed by atoms with Gasteiger partial charge in [0.1, 0.15) is 10.1 Å². The van der Waals surface area contributed by atoms with Gasteiger partial charge >= 0.3 is 0 Å². The summed E-state index contributed by atoms with van der Waals surface area (Å²) in [4.78, 5) is 0. The molecule has 3 heteroatoms. The van der Waals surface area contributed by atoms with Crippen LogP contribution in [0.1, 0.15) is 23.0 Å². The van der Waals surface area contributed by atoms with Gasteiger partial charge in [0.25, 0.3) is 0 Å². The molecular weight excluding hydrogens is 279 g/mol. The fourth-order valence-corrected chi connectivity index (χ4v) is 3.51. The molecule has 0 amide bonds. The third-order valence-corrected chi connectivity index (χ3v) is 4.63. The number of hydrogen-bond acceptors (Lipinski definition) is 1. The van der Waals surface area contributed by atoms with Crippen molar-refractivity contribution in [3.63, 3.8) is 0 Å². The third kappa shape index (κ3) is 2.22. The van der Waals surface area contributed by atoms with Crippen LogP contribution in [0.2, 0.25) is 0 Å². The highest BCUT2D eigenvalue weighted by molar-refractivity contribution is 6.52. The maximum absolute atomic E-state index is 6.45. The first-order valence-electron chi connectivity index (χ1n) is 6.21. The summed E-state index contributed by atoms with van der Waals surface area (Å²) in [5.41, 5.74) is 2.34. The van der Waals surface area contributed by atoms with E-state index in [1.54, 1.807) is 7.11 Å². The number of benzene rings is 2. The van der Waals surface area contributed by atoms with Gasteiger partial charge in [-0.3, -0.25) is 0 Å². The van der Waals surface area contributed by atoms with E-state index in [0.717, 1.165) is 11.3 Å². The molecule has 0 N–H and O–H groups in total. The Hall–Kier alpha value is -1.18. The standard InChI is InChI=1S/C16H14Cl2O/c1-19-13-9-7-12(8-10-13)15-14(16(15,17)18)11-5-3-2-4-6-11/h2-10,14-15H,1H3. The van der Waals surface area contributed by atoms with Crippen molar-refractivity contribution in [2.75, 3.05) is 7.11 Å². The van der Waals surface area contributed by atoms with Crippen LogP contribution in [0.15, 0.2) is 54.6 Å². The van der Waals surface area contributed by atoms with E-state index in [1.807, 2.05) is 42.5 Å². The predicted molar refractivity (Wildman–Crippen MR) is 79.4 cm³/mol. The summed E-state index contributed by atoms with van der Waals surface area (Å²) in [5.74, 6) is 1.14. The molecule has 0 aliphatic heterocycles. The van der Waals surface area contributed by atoms with Crippen LogP contribution in [0.25, 0.3) is 0 Å². The summed E-state index contributed by atoms with van der Waals surface area (Å²) in [5, 5.41) is 0. The fraction of sp³-hybridized carbons (Fsp3) is 0.250. The smallest absolute Gasteiger partial charge is 0.133 e. The number of methoxy groups -OCH3 is 1. The van der Waals surface area contributed by atoms with Crippen molar-refractivity contribution in [3.8, 4) is 5.75 Å². The Balaban J connectivity index is 1.89. The summed E-state index contributed by atoms with van der Waals surface area (Å²) in [7, 11) is 1.66. The normalized spacial score (nSPS) is 23.9. The largest absolute Gasteiger partial charge is 0.497 e. The van der Waals surface area contributed by atoms with E-state index >= 15 is 0 Å². The SMILES string of the molecule is COc1ccc(C2C(c3ccccc3)C2(Cl)Cl)cc1. The molecule has 1 aliphatic rings. The summed E-state index contributed by atoms with van der Waals surface area (Å²) >= 11 is 12.9. The van der Waals surface area contributed by atoms with Gasteiger partial charge in [-0.1, -0.05) is 42.5 Å². The van der Waals surface area contributed by atoms with Crippen molar-refractivity contribution in [1.82, 2.24) is 0 Å². The van der Waals surface area contributed by atoms with E-state index in [-0.39, 0.29) is 11.8 Å². The van der Waals surface area contributed by atoms with Crippen LogP contribution in [0.5, 0.6) is 5.75 Å². The molecular formula is C16H14Cl2O. The first kappa shape index (κ1) is 12.8. The van der Waals surface area contributed by atoms with Crippen LogP contribution in [0.3, 0.4) is 0 Å². The quantitative estimate of drug-likeness (QED) is 0.742. The first-order chi connectivity index (χ1) is 9.14. The molecule has 0 spiro atoms. The maximum Gasteiger partial charge on any atom is 0.133 e. The van der Waals surface area contributed by atoms with Gasteiger partial charge in [0.05, 0.1) is 7.11 Å². The molecule has 19 heavy (non-hydrogen) atoms. The highest BCUT2D eigenvalue weighted by Crippen LogP contribution is 2.70. The zero-order valence-corrected chi connectivity index (χ0v) is 12.0. The molecule has 0 bridgehead atoms. The van der Waals surface area contributed by atoms with Gasteiger partial charge in [0.15, 0.2) is 0 Å². The molecule has 0 radical (unpaired) electrons. The van der Waals surface area contributed by atoms with Gasteiger partial charge in [-0.25, -0.2) is 0 Å². The average Bonchev–Trinajstić information content (AvgIpc) is 3.02. The molecule has 0 heterocycles. The lowest BCUT2D eigenvalue weighted by molar-refractivity contribution is 0.414. The molecule has 3 rings (SSSR count). The zero-order chi connectivity index (χ0) is 13.5. The van der Waals surface area contributed by atoms with Crippen LogP contribution in [-0.2, 0) is 0 Å². The van der Waals surface area contributed by atoms with E-state index in [0.29, 0.717) is 0 Å². The second kappa shape index (κ2) is 4.73. The number of hydrogen-bond donors (Lipinski definition) is 0. The van der Waals surface area contributed by atoms with Crippen LogP contribution in [-0.4, -0.2) is 11.4 Å². The van der Waals surface area contributed by atoms with Gasteiger partial charge in [-0.05, 0) is 23.3 Å². The van der Waals surface area contributed by atoms with E-state index in [9.17, 15) is 0 Å². The first-order valence-corrected chi connectivity index (χ1v) is 6.97.